The van der Waals surface area contributed by atoms with Crippen LogP contribution in [0.4, 0.5) is 4.39 Å². The molecule has 0 fully saturated rings. The number of hydrogen-bond donors (Lipinski definition) is 3. The zero-order chi connectivity index (χ0) is 14.6. The fourth-order valence-electron chi connectivity index (χ4n) is 1.37. The lowest BCUT2D eigenvalue weighted by atomic mass is 10.2. The molecule has 0 aromatic heterocycles. The smallest absolute Gasteiger partial charge is 0.335 e. The second kappa shape index (κ2) is 6.09. The maximum atomic E-state index is 13.5. The van der Waals surface area contributed by atoms with Crippen LogP contribution < -0.4 is 4.72 Å². The Hall–Kier alpha value is -1.51. The normalized spacial score (nSPS) is 13.2. The van der Waals surface area contributed by atoms with Crippen LogP contribution in [0.15, 0.2) is 23.1 Å². The number of sulfonamides is 1. The molecular formula is C11H14FNO5S. The topological polar surface area (TPSA) is 104 Å². The number of nitrogens with one attached hydrogen (secondary N) is 1. The van der Waals surface area contributed by atoms with E-state index in [9.17, 15) is 17.6 Å². The Bertz CT molecular complexity index is 568. The van der Waals surface area contributed by atoms with Gasteiger partial charge < -0.3 is 10.2 Å². The third-order valence-electron chi connectivity index (χ3n) is 2.50. The molecule has 0 spiro atoms. The summed E-state index contributed by atoms with van der Waals surface area (Å²) in [5, 5.41) is 17.7. The summed E-state index contributed by atoms with van der Waals surface area (Å²) in [6, 6.07) is 1.74. The van der Waals surface area contributed by atoms with Crippen molar-refractivity contribution in [3.63, 3.8) is 0 Å². The van der Waals surface area contributed by atoms with E-state index in [4.69, 9.17) is 10.2 Å². The van der Waals surface area contributed by atoms with Gasteiger partial charge in [0.05, 0.1) is 12.2 Å². The average Bonchev–Trinajstić information content (AvgIpc) is 2.35. The maximum Gasteiger partial charge on any atom is 0.335 e. The van der Waals surface area contributed by atoms with Crippen molar-refractivity contribution in [2.24, 2.45) is 0 Å². The van der Waals surface area contributed by atoms with Crippen LogP contribution in [0.2, 0.25) is 0 Å². The molecule has 1 aromatic carbocycles. The number of carbonyl (C=O) groups is 1. The van der Waals surface area contributed by atoms with Gasteiger partial charge in [-0.1, -0.05) is 6.92 Å². The van der Waals surface area contributed by atoms with Crippen molar-refractivity contribution >= 4 is 16.0 Å². The van der Waals surface area contributed by atoms with E-state index in [0.717, 1.165) is 18.2 Å². The Morgan fingerprint density at radius 1 is 1.47 bits per heavy atom. The van der Waals surface area contributed by atoms with Crippen LogP contribution in [-0.4, -0.2) is 37.2 Å². The number of rotatable bonds is 6. The molecule has 0 aliphatic carbocycles. The van der Waals surface area contributed by atoms with Gasteiger partial charge in [0.1, 0.15) is 10.7 Å². The van der Waals surface area contributed by atoms with E-state index >= 15 is 0 Å². The van der Waals surface area contributed by atoms with Gasteiger partial charge in [-0.05, 0) is 24.6 Å². The molecule has 1 aromatic rings. The first-order chi connectivity index (χ1) is 8.81. The molecule has 0 bridgehead atoms. The standard InChI is InChI=1S/C11H14FNO5S/c1-2-8(6-14)13-19(17,18)10-5-7(11(15)16)3-4-9(10)12/h3-5,8,13-14H,2,6H2,1H3,(H,15,16)/t8-/m1/s1. The van der Waals surface area contributed by atoms with E-state index in [1.807, 2.05) is 0 Å². The van der Waals surface area contributed by atoms with Gasteiger partial charge in [0.25, 0.3) is 0 Å². The van der Waals surface area contributed by atoms with Gasteiger partial charge in [0.2, 0.25) is 10.0 Å². The molecule has 1 rings (SSSR count). The fraction of sp³-hybridized carbons (Fsp3) is 0.364. The van der Waals surface area contributed by atoms with E-state index in [1.54, 1.807) is 6.92 Å². The quantitative estimate of drug-likeness (QED) is 0.711. The van der Waals surface area contributed by atoms with Crippen molar-refractivity contribution < 1.29 is 27.8 Å². The van der Waals surface area contributed by atoms with Crippen LogP contribution in [0.5, 0.6) is 0 Å². The Morgan fingerprint density at radius 3 is 2.58 bits per heavy atom. The molecular weight excluding hydrogens is 277 g/mol. The molecule has 0 saturated heterocycles. The van der Waals surface area contributed by atoms with Crippen molar-refractivity contribution in [3.8, 4) is 0 Å². The molecule has 6 nitrogen and oxygen atoms in total. The highest BCUT2D eigenvalue weighted by Gasteiger charge is 2.23. The van der Waals surface area contributed by atoms with E-state index in [1.165, 1.54) is 0 Å². The summed E-state index contributed by atoms with van der Waals surface area (Å²) in [4.78, 5) is 10.00. The third-order valence-corrected chi connectivity index (χ3v) is 4.04. The van der Waals surface area contributed by atoms with Gasteiger partial charge in [-0.3, -0.25) is 0 Å². The minimum Gasteiger partial charge on any atom is -0.478 e. The molecule has 0 saturated carbocycles. The van der Waals surface area contributed by atoms with Crippen LogP contribution in [0.3, 0.4) is 0 Å². The first-order valence-corrected chi connectivity index (χ1v) is 6.96. The number of carboxylic acids is 1. The molecule has 1 atom stereocenters. The van der Waals surface area contributed by atoms with Gasteiger partial charge in [-0.2, -0.15) is 0 Å². The van der Waals surface area contributed by atoms with Crippen molar-refractivity contribution in [1.29, 1.82) is 0 Å². The summed E-state index contributed by atoms with van der Waals surface area (Å²) in [5.74, 6) is -2.41. The summed E-state index contributed by atoms with van der Waals surface area (Å²) in [6.45, 7) is 1.21. The third kappa shape index (κ3) is 3.72. The zero-order valence-corrected chi connectivity index (χ0v) is 10.9. The predicted octanol–water partition coefficient (Wildman–Crippen LogP) is 0.573. The van der Waals surface area contributed by atoms with Crippen molar-refractivity contribution in [2.75, 3.05) is 6.61 Å². The molecule has 3 N–H and O–H groups in total. The Morgan fingerprint density at radius 2 is 2.11 bits per heavy atom. The summed E-state index contributed by atoms with van der Waals surface area (Å²) >= 11 is 0. The van der Waals surface area contributed by atoms with Crippen molar-refractivity contribution in [1.82, 2.24) is 4.72 Å². The largest absolute Gasteiger partial charge is 0.478 e. The summed E-state index contributed by atoms with van der Waals surface area (Å²) in [6.07, 6.45) is 0.315. The highest BCUT2D eigenvalue weighted by atomic mass is 32.2. The van der Waals surface area contributed by atoms with Gasteiger partial charge in [0, 0.05) is 6.04 Å². The second-order valence-corrected chi connectivity index (χ2v) is 5.54. The SMILES string of the molecule is CC[C@H](CO)NS(=O)(=O)c1cc(C(=O)O)ccc1F. The first kappa shape index (κ1) is 15.5. The monoisotopic (exact) mass is 291 g/mol. The lowest BCUT2D eigenvalue weighted by Gasteiger charge is -2.15. The number of aliphatic hydroxyl groups excluding tert-OH is 1. The minimum atomic E-state index is -4.22. The first-order valence-electron chi connectivity index (χ1n) is 5.47. The predicted molar refractivity (Wildman–Crippen MR) is 64.8 cm³/mol. The fourth-order valence-corrected chi connectivity index (χ4v) is 2.79. The Labute approximate surface area is 109 Å². The number of aliphatic hydroxyl groups is 1. The van der Waals surface area contributed by atoms with Crippen LogP contribution in [0.25, 0.3) is 0 Å². The molecule has 0 amide bonds. The average molecular weight is 291 g/mol. The van der Waals surface area contributed by atoms with Crippen LogP contribution in [0, 0.1) is 5.82 Å². The second-order valence-electron chi connectivity index (χ2n) is 3.86. The highest BCUT2D eigenvalue weighted by Crippen LogP contribution is 2.17. The van der Waals surface area contributed by atoms with Gasteiger partial charge >= 0.3 is 5.97 Å². The lowest BCUT2D eigenvalue weighted by molar-refractivity contribution is 0.0696. The zero-order valence-electron chi connectivity index (χ0n) is 10.1. The summed E-state index contributed by atoms with van der Waals surface area (Å²) < 4.78 is 39.4. The molecule has 106 valence electrons. The van der Waals surface area contributed by atoms with E-state index in [0.29, 0.717) is 6.42 Å². The van der Waals surface area contributed by atoms with E-state index in [2.05, 4.69) is 4.72 Å². The lowest BCUT2D eigenvalue weighted by Crippen LogP contribution is -2.37. The summed E-state index contributed by atoms with van der Waals surface area (Å²) in [5.41, 5.74) is -0.334. The van der Waals surface area contributed by atoms with E-state index < -0.39 is 39.4 Å². The number of hydrogen-bond acceptors (Lipinski definition) is 4. The minimum absolute atomic E-state index is 0.315. The molecule has 0 aliphatic rings. The molecule has 0 radical (unpaired) electrons. The van der Waals surface area contributed by atoms with Gasteiger partial charge in [0.15, 0.2) is 0 Å². The molecule has 8 heteroatoms. The Kier molecular flexibility index (Phi) is 4.98. The number of benzene rings is 1. The number of carboxylic acid groups (broad SMARTS) is 1. The van der Waals surface area contributed by atoms with Gasteiger partial charge in [-0.25, -0.2) is 22.3 Å². The van der Waals surface area contributed by atoms with Crippen molar-refractivity contribution in [3.05, 3.63) is 29.6 Å². The molecule has 0 unspecified atom stereocenters. The van der Waals surface area contributed by atoms with Crippen molar-refractivity contribution in [2.45, 2.75) is 24.3 Å². The van der Waals surface area contributed by atoms with E-state index in [-0.39, 0.29) is 5.56 Å². The Balaban J connectivity index is 3.20. The molecule has 0 aliphatic heterocycles. The van der Waals surface area contributed by atoms with Gasteiger partial charge in [-0.15, -0.1) is 0 Å². The molecule has 0 heterocycles. The molecule has 19 heavy (non-hydrogen) atoms. The summed E-state index contributed by atoms with van der Waals surface area (Å²) in [7, 11) is -4.22. The highest BCUT2D eigenvalue weighted by molar-refractivity contribution is 7.89. The number of halogens is 1. The van der Waals surface area contributed by atoms with Crippen LogP contribution >= 0.6 is 0 Å². The van der Waals surface area contributed by atoms with Crippen LogP contribution in [0.1, 0.15) is 23.7 Å². The maximum absolute atomic E-state index is 13.5. The van der Waals surface area contributed by atoms with Crippen LogP contribution in [-0.2, 0) is 10.0 Å². The number of aromatic carboxylic acids is 1.